The van der Waals surface area contributed by atoms with E-state index >= 15 is 0 Å². The first-order chi connectivity index (χ1) is 9.42. The molecule has 1 saturated heterocycles. The normalized spacial score (nSPS) is 18.9. The van der Waals surface area contributed by atoms with Gasteiger partial charge in [0.05, 0.1) is 6.54 Å². The molecule has 0 bridgehead atoms. The van der Waals surface area contributed by atoms with Gasteiger partial charge < -0.3 is 0 Å². The van der Waals surface area contributed by atoms with Crippen molar-refractivity contribution in [1.82, 2.24) is 10.0 Å². The van der Waals surface area contributed by atoms with Crippen LogP contribution in [0.25, 0.3) is 0 Å². The molecule has 1 fully saturated rings. The first-order valence-electron chi connectivity index (χ1n) is 6.75. The molecule has 3 nitrogen and oxygen atoms in total. The Kier molecular flexibility index (Phi) is 3.62. The van der Waals surface area contributed by atoms with E-state index in [1.165, 1.54) is 12.8 Å². The van der Waals surface area contributed by atoms with Gasteiger partial charge in [-0.2, -0.15) is 0 Å². The number of benzene rings is 1. The highest BCUT2D eigenvalue weighted by Gasteiger charge is 2.17. The van der Waals surface area contributed by atoms with E-state index in [0.717, 1.165) is 30.9 Å². The topological polar surface area (TPSA) is 18.8 Å². The molecule has 3 heteroatoms. The molecule has 96 valence electrons. The number of allylic oxidation sites excluding steroid dienone is 1. The second-order valence-electron chi connectivity index (χ2n) is 4.73. The molecule has 0 amide bonds. The Balaban J connectivity index is 1.63. The Morgan fingerprint density at radius 2 is 1.79 bits per heavy atom. The predicted molar refractivity (Wildman–Crippen MR) is 77.4 cm³/mol. The molecule has 1 aromatic carbocycles. The van der Waals surface area contributed by atoms with Crippen LogP contribution in [0.2, 0.25) is 0 Å². The predicted octanol–water partition coefficient (Wildman–Crippen LogP) is 2.28. The van der Waals surface area contributed by atoms with Crippen LogP contribution in [0.4, 0.5) is 0 Å². The van der Waals surface area contributed by atoms with E-state index in [1.54, 1.807) is 0 Å². The molecule has 0 spiro atoms. The van der Waals surface area contributed by atoms with Crippen molar-refractivity contribution < 1.29 is 0 Å². The Labute approximate surface area is 114 Å². The van der Waals surface area contributed by atoms with E-state index in [4.69, 9.17) is 0 Å². The lowest BCUT2D eigenvalue weighted by molar-refractivity contribution is 0.0913. The zero-order valence-corrected chi connectivity index (χ0v) is 10.9. The number of hydrogen-bond acceptors (Lipinski definition) is 3. The number of hydrazine groups is 1. The zero-order chi connectivity index (χ0) is 12.9. The molecular weight excluding hydrogens is 234 g/mol. The summed E-state index contributed by atoms with van der Waals surface area (Å²) in [5, 5.41) is 4.53. The molecule has 2 heterocycles. The van der Waals surface area contributed by atoms with E-state index in [-0.39, 0.29) is 0 Å². The van der Waals surface area contributed by atoms with Crippen molar-refractivity contribution >= 4 is 6.34 Å². The Hall–Kier alpha value is -2.05. The van der Waals surface area contributed by atoms with Crippen molar-refractivity contribution in [3.8, 4) is 11.8 Å². The summed E-state index contributed by atoms with van der Waals surface area (Å²) in [5.41, 5.74) is 1.89. The minimum atomic E-state index is 0.860. The second kappa shape index (κ2) is 5.73. The van der Waals surface area contributed by atoms with Crippen LogP contribution in [0.1, 0.15) is 18.4 Å². The number of hydrogen-bond donors (Lipinski definition) is 0. The van der Waals surface area contributed by atoms with Gasteiger partial charge in [-0.05, 0) is 37.0 Å². The van der Waals surface area contributed by atoms with Gasteiger partial charge in [-0.15, -0.1) is 0 Å². The van der Waals surface area contributed by atoms with Crippen molar-refractivity contribution in [3.63, 3.8) is 0 Å². The summed E-state index contributed by atoms with van der Waals surface area (Å²) in [6.45, 7) is 3.16. The monoisotopic (exact) mass is 251 g/mol. The van der Waals surface area contributed by atoms with Crippen LogP contribution in [-0.2, 0) is 0 Å². The summed E-state index contributed by atoms with van der Waals surface area (Å²) in [6.07, 6.45) is 6.57. The van der Waals surface area contributed by atoms with Gasteiger partial charge in [0.25, 0.3) is 0 Å². The fourth-order valence-corrected chi connectivity index (χ4v) is 2.30. The van der Waals surface area contributed by atoms with Crippen LogP contribution >= 0.6 is 0 Å². The van der Waals surface area contributed by atoms with Gasteiger partial charge in [0.15, 0.2) is 0 Å². The maximum Gasteiger partial charge on any atom is 0.113 e. The van der Waals surface area contributed by atoms with Gasteiger partial charge in [-0.3, -0.25) is 5.01 Å². The molecule has 0 radical (unpaired) electrons. The highest BCUT2D eigenvalue weighted by Crippen LogP contribution is 2.12. The lowest BCUT2D eigenvalue weighted by atomic mass is 10.2. The highest BCUT2D eigenvalue weighted by atomic mass is 15.6. The number of nitrogens with zero attached hydrogens (tertiary/aromatic N) is 3. The molecule has 3 rings (SSSR count). The Bertz CT molecular complexity index is 542. The summed E-state index contributed by atoms with van der Waals surface area (Å²) < 4.78 is 0. The van der Waals surface area contributed by atoms with Crippen LogP contribution in [0, 0.1) is 11.8 Å². The maximum absolute atomic E-state index is 4.42. The molecule has 2 aliphatic heterocycles. The Morgan fingerprint density at radius 1 is 1.00 bits per heavy atom. The summed E-state index contributed by atoms with van der Waals surface area (Å²) in [6, 6.07) is 10.0. The van der Waals surface area contributed by atoms with Crippen LogP contribution in [0.15, 0.2) is 47.1 Å². The second-order valence-corrected chi connectivity index (χ2v) is 4.73. The molecule has 2 aliphatic rings. The molecule has 0 saturated carbocycles. The number of aliphatic imine (C=N–C) groups is 1. The minimum Gasteiger partial charge on any atom is -0.292 e. The molecule has 0 atom stereocenters. The summed E-state index contributed by atoms with van der Waals surface area (Å²) >= 11 is 0. The van der Waals surface area contributed by atoms with E-state index in [2.05, 4.69) is 32.9 Å². The van der Waals surface area contributed by atoms with Gasteiger partial charge in [0.2, 0.25) is 0 Å². The van der Waals surface area contributed by atoms with Gasteiger partial charge >= 0.3 is 0 Å². The van der Waals surface area contributed by atoms with Crippen LogP contribution in [-0.4, -0.2) is 36.0 Å². The first kappa shape index (κ1) is 12.0. The van der Waals surface area contributed by atoms with E-state index in [1.807, 2.05) is 36.7 Å². The average Bonchev–Trinajstić information content (AvgIpc) is 3.01. The summed E-state index contributed by atoms with van der Waals surface area (Å²) in [7, 11) is 0. The quantitative estimate of drug-likeness (QED) is 0.713. The standard InChI is InChI=1S/C16H17N3/c1-2-6-15(7-3-1)8-9-16-10-13-19(14-17-16)18-11-4-5-12-18/h1-3,6-7,10,14H,4-5,11-13H2. The van der Waals surface area contributed by atoms with Crippen molar-refractivity contribution in [2.24, 2.45) is 4.99 Å². The molecule has 19 heavy (non-hydrogen) atoms. The van der Waals surface area contributed by atoms with Crippen LogP contribution in [0.5, 0.6) is 0 Å². The van der Waals surface area contributed by atoms with Gasteiger partial charge in [-0.1, -0.05) is 24.1 Å². The molecule has 0 aromatic heterocycles. The Morgan fingerprint density at radius 3 is 2.47 bits per heavy atom. The van der Waals surface area contributed by atoms with E-state index in [9.17, 15) is 0 Å². The molecule has 1 aromatic rings. The fraction of sp³-hybridized carbons (Fsp3) is 0.312. The lowest BCUT2D eigenvalue weighted by Gasteiger charge is -2.30. The van der Waals surface area contributed by atoms with E-state index < -0.39 is 0 Å². The van der Waals surface area contributed by atoms with Crippen LogP contribution < -0.4 is 0 Å². The lowest BCUT2D eigenvalue weighted by Crippen LogP contribution is -2.40. The summed E-state index contributed by atoms with van der Waals surface area (Å²) in [4.78, 5) is 4.42. The average molecular weight is 251 g/mol. The molecule has 0 N–H and O–H groups in total. The third-order valence-electron chi connectivity index (χ3n) is 3.36. The van der Waals surface area contributed by atoms with Gasteiger partial charge in [0.1, 0.15) is 12.0 Å². The van der Waals surface area contributed by atoms with E-state index in [0.29, 0.717) is 0 Å². The van der Waals surface area contributed by atoms with Crippen LogP contribution in [0.3, 0.4) is 0 Å². The summed E-state index contributed by atoms with van der Waals surface area (Å²) in [5.74, 6) is 6.25. The smallest absolute Gasteiger partial charge is 0.113 e. The van der Waals surface area contributed by atoms with Gasteiger partial charge in [0, 0.05) is 18.7 Å². The third-order valence-corrected chi connectivity index (χ3v) is 3.36. The first-order valence-corrected chi connectivity index (χ1v) is 6.75. The largest absolute Gasteiger partial charge is 0.292 e. The maximum atomic E-state index is 4.42. The van der Waals surface area contributed by atoms with Crippen molar-refractivity contribution in [2.75, 3.05) is 19.6 Å². The van der Waals surface area contributed by atoms with Crippen molar-refractivity contribution in [3.05, 3.63) is 47.7 Å². The van der Waals surface area contributed by atoms with Crippen molar-refractivity contribution in [1.29, 1.82) is 0 Å². The molecule has 0 unspecified atom stereocenters. The van der Waals surface area contributed by atoms with Crippen molar-refractivity contribution in [2.45, 2.75) is 12.8 Å². The van der Waals surface area contributed by atoms with Gasteiger partial charge in [-0.25, -0.2) is 10.0 Å². The molecular formula is C16H17N3. The zero-order valence-electron chi connectivity index (χ0n) is 10.9. The molecule has 0 aliphatic carbocycles. The fourth-order valence-electron chi connectivity index (χ4n) is 2.30. The highest BCUT2D eigenvalue weighted by molar-refractivity contribution is 5.60. The SMILES string of the molecule is C(#Cc1ccccc1)C1=CCN(N2CCCC2)C=N1. The minimum absolute atomic E-state index is 0.860. The number of rotatable bonds is 1. The third kappa shape index (κ3) is 3.04.